The second-order valence-electron chi connectivity index (χ2n) is 8.50. The minimum absolute atomic E-state index is 0.158. The van der Waals surface area contributed by atoms with Crippen LogP contribution in [0.15, 0.2) is 97.1 Å². The van der Waals surface area contributed by atoms with E-state index < -0.39 is 0 Å². The maximum absolute atomic E-state index is 12.6. The van der Waals surface area contributed by atoms with Gasteiger partial charge in [0.25, 0.3) is 5.91 Å². The number of aromatic amines is 2. The highest BCUT2D eigenvalue weighted by atomic mass is 16.5. The van der Waals surface area contributed by atoms with E-state index in [0.29, 0.717) is 22.7 Å². The molecule has 6 heteroatoms. The summed E-state index contributed by atoms with van der Waals surface area (Å²) < 4.78 is 6.09. The molecule has 2 heterocycles. The molecule has 6 aromatic rings. The standard InChI is InChI=1S/C29H22N4O2/c1-18-6-4-8-20(14-18)29(34)30-21-9-5-10-22(16-21)35-23-12-13-24-26(17-23)32-33-28(24)27-15-19-7-2-3-11-25(19)31-27/h2-17,31H,1H3,(H,30,34)(H,32,33). The molecule has 2 aromatic heterocycles. The first-order chi connectivity index (χ1) is 17.1. The van der Waals surface area contributed by atoms with Crippen molar-refractivity contribution in [3.8, 4) is 22.9 Å². The zero-order chi connectivity index (χ0) is 23.8. The third-order valence-corrected chi connectivity index (χ3v) is 5.93. The molecule has 170 valence electrons. The van der Waals surface area contributed by atoms with Crippen molar-refractivity contribution in [2.45, 2.75) is 6.92 Å². The number of benzene rings is 4. The van der Waals surface area contributed by atoms with Crippen LogP contribution in [-0.2, 0) is 0 Å². The molecule has 0 fully saturated rings. The summed E-state index contributed by atoms with van der Waals surface area (Å²) in [6, 6.07) is 31.0. The fourth-order valence-electron chi connectivity index (χ4n) is 4.23. The first-order valence-corrected chi connectivity index (χ1v) is 11.3. The molecule has 0 radical (unpaired) electrons. The van der Waals surface area contributed by atoms with E-state index in [1.54, 1.807) is 12.1 Å². The van der Waals surface area contributed by atoms with E-state index >= 15 is 0 Å². The van der Waals surface area contributed by atoms with Crippen LogP contribution in [0.1, 0.15) is 15.9 Å². The third kappa shape index (κ3) is 4.13. The van der Waals surface area contributed by atoms with Crippen LogP contribution in [-0.4, -0.2) is 21.1 Å². The predicted molar refractivity (Wildman–Crippen MR) is 139 cm³/mol. The highest BCUT2D eigenvalue weighted by molar-refractivity contribution is 6.04. The second-order valence-corrected chi connectivity index (χ2v) is 8.50. The van der Waals surface area contributed by atoms with Crippen LogP contribution in [0.4, 0.5) is 5.69 Å². The largest absolute Gasteiger partial charge is 0.457 e. The summed E-state index contributed by atoms with van der Waals surface area (Å²) in [5.41, 5.74) is 6.10. The Morgan fingerprint density at radius 1 is 0.829 bits per heavy atom. The van der Waals surface area contributed by atoms with E-state index in [1.165, 1.54) is 0 Å². The summed E-state index contributed by atoms with van der Waals surface area (Å²) >= 11 is 0. The number of carbonyl (C=O) groups is 1. The minimum atomic E-state index is -0.158. The molecular weight excluding hydrogens is 436 g/mol. The van der Waals surface area contributed by atoms with Gasteiger partial charge < -0.3 is 15.0 Å². The van der Waals surface area contributed by atoms with Gasteiger partial charge in [-0.25, -0.2) is 0 Å². The van der Waals surface area contributed by atoms with Gasteiger partial charge in [0.1, 0.15) is 17.2 Å². The van der Waals surface area contributed by atoms with Crippen LogP contribution < -0.4 is 10.1 Å². The quantitative estimate of drug-likeness (QED) is 0.258. The van der Waals surface area contributed by atoms with Gasteiger partial charge in [-0.1, -0.05) is 42.0 Å². The lowest BCUT2D eigenvalue weighted by Gasteiger charge is -2.09. The van der Waals surface area contributed by atoms with Gasteiger partial charge in [0.05, 0.1) is 11.2 Å². The molecule has 0 spiro atoms. The van der Waals surface area contributed by atoms with Crippen molar-refractivity contribution in [3.63, 3.8) is 0 Å². The Morgan fingerprint density at radius 3 is 2.57 bits per heavy atom. The van der Waals surface area contributed by atoms with Gasteiger partial charge in [0, 0.05) is 39.7 Å². The van der Waals surface area contributed by atoms with Crippen molar-refractivity contribution in [2.75, 3.05) is 5.32 Å². The predicted octanol–water partition coefficient (Wildman–Crippen LogP) is 7.06. The van der Waals surface area contributed by atoms with Gasteiger partial charge in [-0.15, -0.1) is 0 Å². The number of anilines is 1. The van der Waals surface area contributed by atoms with Crippen LogP contribution in [0.5, 0.6) is 11.5 Å². The number of fused-ring (bicyclic) bond motifs is 2. The van der Waals surface area contributed by atoms with Gasteiger partial charge >= 0.3 is 0 Å². The molecule has 0 aliphatic heterocycles. The van der Waals surface area contributed by atoms with Crippen LogP contribution in [0.25, 0.3) is 33.2 Å². The first-order valence-electron chi connectivity index (χ1n) is 11.3. The molecule has 0 bridgehead atoms. The molecule has 0 saturated carbocycles. The molecule has 4 aromatic carbocycles. The summed E-state index contributed by atoms with van der Waals surface area (Å²) in [7, 11) is 0. The monoisotopic (exact) mass is 458 g/mol. The fourth-order valence-corrected chi connectivity index (χ4v) is 4.23. The number of hydrogen-bond donors (Lipinski definition) is 3. The smallest absolute Gasteiger partial charge is 0.255 e. The van der Waals surface area contributed by atoms with E-state index in [9.17, 15) is 4.79 Å². The summed E-state index contributed by atoms with van der Waals surface area (Å²) in [5, 5.41) is 12.7. The minimum Gasteiger partial charge on any atom is -0.457 e. The molecule has 0 atom stereocenters. The van der Waals surface area contributed by atoms with Gasteiger partial charge in [0.2, 0.25) is 0 Å². The number of carbonyl (C=O) groups excluding carboxylic acids is 1. The number of nitrogens with one attached hydrogen (secondary N) is 3. The van der Waals surface area contributed by atoms with Crippen LogP contribution in [0.2, 0.25) is 0 Å². The van der Waals surface area contributed by atoms with Crippen molar-refractivity contribution < 1.29 is 9.53 Å². The Labute approximate surface area is 201 Å². The van der Waals surface area contributed by atoms with E-state index in [4.69, 9.17) is 4.74 Å². The highest BCUT2D eigenvalue weighted by Gasteiger charge is 2.12. The number of nitrogens with zero attached hydrogens (tertiary/aromatic N) is 1. The second kappa shape index (κ2) is 8.50. The van der Waals surface area contributed by atoms with Crippen LogP contribution in [0.3, 0.4) is 0 Å². The molecule has 0 aliphatic carbocycles. The zero-order valence-electron chi connectivity index (χ0n) is 19.0. The van der Waals surface area contributed by atoms with Gasteiger partial charge in [-0.3, -0.25) is 9.89 Å². The molecule has 0 aliphatic rings. The van der Waals surface area contributed by atoms with E-state index in [2.05, 4.69) is 38.7 Å². The Balaban J connectivity index is 1.22. The van der Waals surface area contributed by atoms with Crippen molar-refractivity contribution in [3.05, 3.63) is 108 Å². The SMILES string of the molecule is Cc1cccc(C(=O)Nc2cccc(Oc3ccc4c(-c5cc6ccccc6[nH]5)n[nH]c4c3)c2)c1. The van der Waals surface area contributed by atoms with Gasteiger partial charge in [-0.2, -0.15) is 5.10 Å². The maximum Gasteiger partial charge on any atom is 0.255 e. The number of hydrogen-bond acceptors (Lipinski definition) is 3. The molecule has 3 N–H and O–H groups in total. The molecular formula is C29H22N4O2. The highest BCUT2D eigenvalue weighted by Crippen LogP contribution is 2.32. The molecule has 0 unspecified atom stereocenters. The molecule has 35 heavy (non-hydrogen) atoms. The molecule has 6 rings (SSSR count). The van der Waals surface area contributed by atoms with Crippen molar-refractivity contribution in [1.29, 1.82) is 0 Å². The number of H-pyrrole nitrogens is 2. The Hall–Kier alpha value is -4.84. The lowest BCUT2D eigenvalue weighted by molar-refractivity contribution is 0.102. The number of rotatable bonds is 5. The van der Waals surface area contributed by atoms with Crippen LogP contribution >= 0.6 is 0 Å². The molecule has 0 saturated heterocycles. The molecule has 1 amide bonds. The Morgan fingerprint density at radius 2 is 1.69 bits per heavy atom. The molecule has 6 nitrogen and oxygen atoms in total. The van der Waals surface area contributed by atoms with Gasteiger partial charge in [0.15, 0.2) is 0 Å². The summed E-state index contributed by atoms with van der Waals surface area (Å²) in [6.45, 7) is 1.96. The number of aryl methyl sites for hydroxylation is 1. The average Bonchev–Trinajstić information content (AvgIpc) is 3.48. The summed E-state index contributed by atoms with van der Waals surface area (Å²) in [6.07, 6.45) is 0. The van der Waals surface area contributed by atoms with E-state index in [1.807, 2.05) is 73.7 Å². The number of amides is 1. The van der Waals surface area contributed by atoms with Crippen molar-refractivity contribution in [1.82, 2.24) is 15.2 Å². The van der Waals surface area contributed by atoms with E-state index in [-0.39, 0.29) is 5.91 Å². The average molecular weight is 459 g/mol. The third-order valence-electron chi connectivity index (χ3n) is 5.93. The fraction of sp³-hybridized carbons (Fsp3) is 0.0345. The summed E-state index contributed by atoms with van der Waals surface area (Å²) in [4.78, 5) is 16.0. The van der Waals surface area contributed by atoms with Crippen LogP contribution in [0, 0.1) is 6.92 Å². The number of para-hydroxylation sites is 1. The lowest BCUT2D eigenvalue weighted by atomic mass is 10.1. The zero-order valence-corrected chi connectivity index (χ0v) is 19.0. The number of ether oxygens (including phenoxy) is 1. The van der Waals surface area contributed by atoms with Gasteiger partial charge in [-0.05, 0) is 55.5 Å². The van der Waals surface area contributed by atoms with Crippen molar-refractivity contribution >= 4 is 33.4 Å². The lowest BCUT2D eigenvalue weighted by Crippen LogP contribution is -2.11. The maximum atomic E-state index is 12.6. The Bertz CT molecular complexity index is 1660. The first kappa shape index (κ1) is 20.7. The number of aromatic nitrogens is 3. The Kier molecular flexibility index (Phi) is 5.04. The van der Waals surface area contributed by atoms with Crippen molar-refractivity contribution in [2.24, 2.45) is 0 Å². The summed E-state index contributed by atoms with van der Waals surface area (Å²) in [5.74, 6) is 1.14. The topological polar surface area (TPSA) is 82.8 Å². The normalized spacial score (nSPS) is 11.1. The van der Waals surface area contributed by atoms with E-state index in [0.717, 1.165) is 38.8 Å².